The van der Waals surface area contributed by atoms with Crippen LogP contribution in [0.3, 0.4) is 0 Å². The average molecular weight is 300 g/mol. The topological polar surface area (TPSA) is 44.8 Å². The van der Waals surface area contributed by atoms with E-state index in [2.05, 4.69) is 49.9 Å². The van der Waals surface area contributed by atoms with Crippen LogP contribution in [0.15, 0.2) is 48.9 Å². The van der Waals surface area contributed by atoms with E-state index in [1.54, 1.807) is 12.5 Å². The van der Waals surface area contributed by atoms with Gasteiger partial charge in [-0.05, 0) is 48.6 Å². The third-order valence-corrected chi connectivity index (χ3v) is 5.02. The van der Waals surface area contributed by atoms with Crippen molar-refractivity contribution in [3.05, 3.63) is 54.6 Å². The summed E-state index contributed by atoms with van der Waals surface area (Å²) in [4.78, 5) is 14.2. The van der Waals surface area contributed by atoms with Crippen LogP contribution in [0.4, 0.5) is 5.69 Å². The molecule has 2 unspecified atom stereocenters. The molecular formula is C19H16N4. The molecule has 3 heterocycles. The lowest BCUT2D eigenvalue weighted by molar-refractivity contribution is 0.706. The smallest absolute Gasteiger partial charge is 0.113 e. The molecule has 5 rings (SSSR count). The molecule has 2 aliphatic rings. The van der Waals surface area contributed by atoms with Gasteiger partial charge in [-0.2, -0.15) is 0 Å². The van der Waals surface area contributed by atoms with Gasteiger partial charge in [0.15, 0.2) is 0 Å². The number of hydrogen-bond donors (Lipinski definition) is 1. The Balaban J connectivity index is 1.40. The SMILES string of the molecule is C(#CC12CC1CN(c1ccc3[nH]cnc3c1)C2)c1ccccn1. The summed E-state index contributed by atoms with van der Waals surface area (Å²) in [5.41, 5.74) is 4.39. The lowest BCUT2D eigenvalue weighted by Gasteiger charge is -2.21. The number of aromatic amines is 1. The van der Waals surface area contributed by atoms with Gasteiger partial charge in [0, 0.05) is 25.0 Å². The maximum atomic E-state index is 4.36. The number of anilines is 1. The van der Waals surface area contributed by atoms with Crippen LogP contribution < -0.4 is 4.90 Å². The number of H-pyrrole nitrogens is 1. The summed E-state index contributed by atoms with van der Waals surface area (Å²) < 4.78 is 0. The molecule has 1 saturated heterocycles. The van der Waals surface area contributed by atoms with Crippen LogP contribution in [0.2, 0.25) is 0 Å². The summed E-state index contributed by atoms with van der Waals surface area (Å²) in [7, 11) is 0. The highest BCUT2D eigenvalue weighted by molar-refractivity contribution is 5.79. The molecule has 1 aliphatic carbocycles. The maximum absolute atomic E-state index is 4.36. The number of fused-ring (bicyclic) bond motifs is 2. The van der Waals surface area contributed by atoms with E-state index in [0.29, 0.717) is 5.92 Å². The van der Waals surface area contributed by atoms with Crippen molar-refractivity contribution in [3.8, 4) is 11.8 Å². The van der Waals surface area contributed by atoms with Crippen LogP contribution in [-0.4, -0.2) is 28.0 Å². The minimum atomic E-state index is 0.165. The molecule has 3 aromatic rings. The third-order valence-electron chi connectivity index (χ3n) is 5.02. The summed E-state index contributed by atoms with van der Waals surface area (Å²) in [5.74, 6) is 7.45. The molecule has 0 amide bonds. The van der Waals surface area contributed by atoms with E-state index in [1.807, 2.05) is 18.2 Å². The molecule has 23 heavy (non-hydrogen) atoms. The van der Waals surface area contributed by atoms with Gasteiger partial charge in [0.1, 0.15) is 5.69 Å². The number of imidazole rings is 1. The van der Waals surface area contributed by atoms with Crippen LogP contribution in [-0.2, 0) is 0 Å². The van der Waals surface area contributed by atoms with E-state index in [-0.39, 0.29) is 5.41 Å². The number of hydrogen-bond acceptors (Lipinski definition) is 3. The fourth-order valence-electron chi connectivity index (χ4n) is 3.62. The van der Waals surface area contributed by atoms with Gasteiger partial charge in [-0.15, -0.1) is 0 Å². The summed E-state index contributed by atoms with van der Waals surface area (Å²) >= 11 is 0. The molecule has 0 spiro atoms. The van der Waals surface area contributed by atoms with Crippen molar-refractivity contribution < 1.29 is 0 Å². The quantitative estimate of drug-likeness (QED) is 0.703. The van der Waals surface area contributed by atoms with Crippen LogP contribution in [0.5, 0.6) is 0 Å². The Morgan fingerprint density at radius 1 is 1.22 bits per heavy atom. The Morgan fingerprint density at radius 2 is 2.22 bits per heavy atom. The van der Waals surface area contributed by atoms with E-state index in [0.717, 1.165) is 29.8 Å². The van der Waals surface area contributed by atoms with Crippen molar-refractivity contribution in [1.29, 1.82) is 0 Å². The van der Waals surface area contributed by atoms with Gasteiger partial charge in [-0.25, -0.2) is 9.97 Å². The number of benzene rings is 1. The molecule has 2 atom stereocenters. The van der Waals surface area contributed by atoms with Gasteiger partial charge in [0.25, 0.3) is 0 Å². The highest BCUT2D eigenvalue weighted by Gasteiger charge is 2.59. The number of nitrogens with one attached hydrogen (secondary N) is 1. The van der Waals surface area contributed by atoms with Crippen LogP contribution >= 0.6 is 0 Å². The van der Waals surface area contributed by atoms with Crippen molar-refractivity contribution in [2.24, 2.45) is 11.3 Å². The van der Waals surface area contributed by atoms with Crippen molar-refractivity contribution in [3.63, 3.8) is 0 Å². The van der Waals surface area contributed by atoms with E-state index >= 15 is 0 Å². The van der Waals surface area contributed by atoms with Gasteiger partial charge < -0.3 is 9.88 Å². The minimum Gasteiger partial charge on any atom is -0.370 e. The second-order valence-electron chi connectivity index (χ2n) is 6.51. The second-order valence-corrected chi connectivity index (χ2v) is 6.51. The average Bonchev–Trinajstić information content (AvgIpc) is 2.96. The van der Waals surface area contributed by atoms with E-state index < -0.39 is 0 Å². The molecule has 4 nitrogen and oxygen atoms in total. The fraction of sp³-hybridized carbons (Fsp3) is 0.263. The summed E-state index contributed by atoms with van der Waals surface area (Å²) in [6, 6.07) is 12.3. The zero-order valence-corrected chi connectivity index (χ0v) is 12.7. The predicted octanol–water partition coefficient (Wildman–Crippen LogP) is 2.84. The van der Waals surface area contributed by atoms with E-state index in [1.165, 1.54) is 12.1 Å². The lowest BCUT2D eigenvalue weighted by atomic mass is 10.1. The Hall–Kier alpha value is -2.80. The molecule has 112 valence electrons. The van der Waals surface area contributed by atoms with E-state index in [9.17, 15) is 0 Å². The highest BCUT2D eigenvalue weighted by Crippen LogP contribution is 2.58. The first kappa shape index (κ1) is 12.7. The zero-order chi connectivity index (χ0) is 15.3. The Kier molecular flexibility index (Phi) is 2.54. The number of aromatic nitrogens is 3. The standard InChI is InChI=1S/C19H16N4/c1-2-8-20-15(3-1)6-7-19-10-14(19)11-23(12-19)16-4-5-17-18(9-16)22-13-21-17/h1-5,8-9,13-14H,10-12H2,(H,21,22). The third kappa shape index (κ3) is 2.08. The molecule has 1 N–H and O–H groups in total. The van der Waals surface area contributed by atoms with Gasteiger partial charge in [0.05, 0.1) is 22.8 Å². The van der Waals surface area contributed by atoms with Crippen molar-refractivity contribution in [2.75, 3.05) is 18.0 Å². The lowest BCUT2D eigenvalue weighted by Crippen LogP contribution is -2.24. The Morgan fingerprint density at radius 3 is 3.13 bits per heavy atom. The largest absolute Gasteiger partial charge is 0.370 e. The first-order valence-corrected chi connectivity index (χ1v) is 7.95. The Bertz CT molecular complexity index is 934. The van der Waals surface area contributed by atoms with Gasteiger partial charge >= 0.3 is 0 Å². The van der Waals surface area contributed by atoms with Gasteiger partial charge in [-0.3, -0.25) is 0 Å². The normalized spacial score (nSPS) is 25.0. The van der Waals surface area contributed by atoms with Crippen LogP contribution in [0, 0.1) is 23.2 Å². The maximum Gasteiger partial charge on any atom is 0.113 e. The first-order valence-electron chi connectivity index (χ1n) is 7.95. The molecule has 1 saturated carbocycles. The number of pyridine rings is 1. The molecule has 0 radical (unpaired) electrons. The fourth-order valence-corrected chi connectivity index (χ4v) is 3.62. The Labute approximate surface area is 134 Å². The van der Waals surface area contributed by atoms with Crippen molar-refractivity contribution >= 4 is 16.7 Å². The monoisotopic (exact) mass is 300 g/mol. The number of piperidine rings is 1. The molecule has 1 aliphatic heterocycles. The number of nitrogens with zero attached hydrogens (tertiary/aromatic N) is 3. The molecule has 0 bridgehead atoms. The molecule has 2 fully saturated rings. The second kappa shape index (κ2) is 4.60. The molecule has 1 aromatic carbocycles. The highest BCUT2D eigenvalue weighted by atomic mass is 15.2. The minimum absolute atomic E-state index is 0.165. The molecular weight excluding hydrogens is 284 g/mol. The van der Waals surface area contributed by atoms with Crippen molar-refractivity contribution in [2.45, 2.75) is 6.42 Å². The molecule has 4 heteroatoms. The summed E-state index contributed by atoms with van der Waals surface area (Å²) in [6.07, 6.45) is 4.76. The van der Waals surface area contributed by atoms with Crippen molar-refractivity contribution in [1.82, 2.24) is 15.0 Å². The predicted molar refractivity (Wildman–Crippen MR) is 90.0 cm³/mol. The van der Waals surface area contributed by atoms with Crippen LogP contribution in [0.25, 0.3) is 11.0 Å². The summed E-state index contributed by atoms with van der Waals surface area (Å²) in [6.45, 7) is 2.10. The zero-order valence-electron chi connectivity index (χ0n) is 12.7. The van der Waals surface area contributed by atoms with Gasteiger partial charge in [-0.1, -0.05) is 12.0 Å². The summed E-state index contributed by atoms with van der Waals surface area (Å²) in [5, 5.41) is 0. The molecule has 2 aromatic heterocycles. The first-order chi connectivity index (χ1) is 11.3. The van der Waals surface area contributed by atoms with Crippen LogP contribution in [0.1, 0.15) is 12.1 Å². The van der Waals surface area contributed by atoms with Gasteiger partial charge in [0.2, 0.25) is 0 Å². The van der Waals surface area contributed by atoms with E-state index in [4.69, 9.17) is 0 Å². The number of rotatable bonds is 1.